The highest BCUT2D eigenvalue weighted by molar-refractivity contribution is 6.32. The number of halogens is 2. The molecule has 2 nitrogen and oxygen atoms in total. The van der Waals surface area contributed by atoms with Gasteiger partial charge in [-0.25, -0.2) is 0 Å². The van der Waals surface area contributed by atoms with Gasteiger partial charge in [-0.15, -0.1) is 11.6 Å². The van der Waals surface area contributed by atoms with Crippen LogP contribution in [0.5, 0.6) is 0 Å². The Labute approximate surface area is 119 Å². The molecule has 4 heteroatoms. The first-order valence-corrected chi connectivity index (χ1v) is 7.37. The fourth-order valence-electron chi connectivity index (χ4n) is 2.46. The summed E-state index contributed by atoms with van der Waals surface area (Å²) in [4.78, 5) is 4.89. The third-order valence-electron chi connectivity index (χ3n) is 3.61. The second-order valence-electron chi connectivity index (χ2n) is 4.99. The van der Waals surface area contributed by atoms with Crippen molar-refractivity contribution in [3.63, 3.8) is 0 Å². The zero-order valence-electron chi connectivity index (χ0n) is 11.0. The molecule has 18 heavy (non-hydrogen) atoms. The summed E-state index contributed by atoms with van der Waals surface area (Å²) in [7, 11) is 0. The van der Waals surface area contributed by atoms with Gasteiger partial charge in [0.2, 0.25) is 0 Å². The lowest BCUT2D eigenvalue weighted by molar-refractivity contribution is 0.209. The van der Waals surface area contributed by atoms with Crippen molar-refractivity contribution in [2.75, 3.05) is 31.1 Å². The van der Waals surface area contributed by atoms with E-state index in [1.54, 1.807) is 0 Å². The Bertz CT molecular complexity index is 399. The Morgan fingerprint density at radius 2 is 1.83 bits per heavy atom. The average molecular weight is 287 g/mol. The van der Waals surface area contributed by atoms with Crippen molar-refractivity contribution in [3.05, 3.63) is 28.8 Å². The van der Waals surface area contributed by atoms with E-state index in [0.717, 1.165) is 36.8 Å². The van der Waals surface area contributed by atoms with Crippen LogP contribution < -0.4 is 4.90 Å². The van der Waals surface area contributed by atoms with Crippen LogP contribution in [0.3, 0.4) is 0 Å². The van der Waals surface area contributed by atoms with Crippen molar-refractivity contribution < 1.29 is 0 Å². The summed E-state index contributed by atoms with van der Waals surface area (Å²) in [6, 6.07) is 6.66. The summed E-state index contributed by atoms with van der Waals surface area (Å²) < 4.78 is 0. The van der Waals surface area contributed by atoms with Gasteiger partial charge in [-0.3, -0.25) is 4.90 Å². The molecule has 1 aromatic carbocycles. The molecule has 0 spiro atoms. The SMILES string of the molecule is CC(C)N1CCN(c2cccc(Cl)c2CCl)CC1. The quantitative estimate of drug-likeness (QED) is 0.784. The molecule has 1 fully saturated rings. The van der Waals surface area contributed by atoms with Gasteiger partial charge < -0.3 is 4.90 Å². The van der Waals surface area contributed by atoms with Gasteiger partial charge in [-0.1, -0.05) is 17.7 Å². The Morgan fingerprint density at radius 1 is 1.17 bits per heavy atom. The fraction of sp³-hybridized carbons (Fsp3) is 0.571. The Hall–Kier alpha value is -0.440. The molecule has 0 N–H and O–H groups in total. The van der Waals surface area contributed by atoms with Gasteiger partial charge in [-0.05, 0) is 26.0 Å². The van der Waals surface area contributed by atoms with Crippen LogP contribution >= 0.6 is 23.2 Å². The molecule has 0 saturated carbocycles. The van der Waals surface area contributed by atoms with E-state index in [1.807, 2.05) is 12.1 Å². The van der Waals surface area contributed by atoms with Crippen molar-refractivity contribution >= 4 is 28.9 Å². The number of piperazine rings is 1. The van der Waals surface area contributed by atoms with E-state index in [1.165, 1.54) is 5.69 Å². The van der Waals surface area contributed by atoms with Crippen LogP contribution in [0.25, 0.3) is 0 Å². The Morgan fingerprint density at radius 3 is 2.39 bits per heavy atom. The minimum absolute atomic E-state index is 0.472. The lowest BCUT2D eigenvalue weighted by atomic mass is 10.1. The minimum Gasteiger partial charge on any atom is -0.369 e. The zero-order chi connectivity index (χ0) is 13.1. The van der Waals surface area contributed by atoms with Gasteiger partial charge in [0.15, 0.2) is 0 Å². The first-order valence-electron chi connectivity index (χ1n) is 6.46. The standard InChI is InChI=1S/C14H20Cl2N2/c1-11(2)17-6-8-18(9-7-17)14-5-3-4-13(16)12(14)10-15/h3-5,11H,6-10H2,1-2H3. The molecule has 1 aliphatic heterocycles. The smallest absolute Gasteiger partial charge is 0.0509 e. The van der Waals surface area contributed by atoms with E-state index in [2.05, 4.69) is 29.7 Å². The molecule has 0 atom stereocenters. The second kappa shape index (κ2) is 6.14. The zero-order valence-corrected chi connectivity index (χ0v) is 12.5. The van der Waals surface area contributed by atoms with Crippen LogP contribution in [0, 0.1) is 0 Å². The summed E-state index contributed by atoms with van der Waals surface area (Å²) in [5.41, 5.74) is 2.25. The van der Waals surface area contributed by atoms with Crippen LogP contribution in [0.2, 0.25) is 5.02 Å². The van der Waals surface area contributed by atoms with E-state index in [9.17, 15) is 0 Å². The lowest BCUT2D eigenvalue weighted by Gasteiger charge is -2.38. The molecule has 100 valence electrons. The number of hydrogen-bond donors (Lipinski definition) is 0. The molecule has 0 aromatic heterocycles. The summed E-state index contributed by atoms with van der Waals surface area (Å²) in [5, 5.41) is 0.772. The normalized spacial score (nSPS) is 17.5. The monoisotopic (exact) mass is 286 g/mol. The molecule has 2 rings (SSSR count). The van der Waals surface area contributed by atoms with Crippen molar-refractivity contribution in [1.29, 1.82) is 0 Å². The topological polar surface area (TPSA) is 6.48 Å². The largest absolute Gasteiger partial charge is 0.369 e. The maximum atomic E-state index is 6.21. The van der Waals surface area contributed by atoms with Crippen molar-refractivity contribution in [3.8, 4) is 0 Å². The van der Waals surface area contributed by atoms with E-state index in [-0.39, 0.29) is 0 Å². The number of rotatable bonds is 3. The molecule has 0 radical (unpaired) electrons. The molecule has 0 amide bonds. The van der Waals surface area contributed by atoms with Gasteiger partial charge in [0.05, 0.1) is 5.88 Å². The maximum absolute atomic E-state index is 6.21. The highest BCUT2D eigenvalue weighted by atomic mass is 35.5. The molecule has 1 saturated heterocycles. The summed E-state index contributed by atoms with van der Waals surface area (Å²) in [6.07, 6.45) is 0. The van der Waals surface area contributed by atoms with Gasteiger partial charge in [0.1, 0.15) is 0 Å². The second-order valence-corrected chi connectivity index (χ2v) is 5.66. The molecule has 0 aliphatic carbocycles. The van der Waals surface area contributed by atoms with Crippen LogP contribution in [0.1, 0.15) is 19.4 Å². The van der Waals surface area contributed by atoms with E-state index in [0.29, 0.717) is 11.9 Å². The van der Waals surface area contributed by atoms with Gasteiger partial charge >= 0.3 is 0 Å². The molecule has 0 bridgehead atoms. The number of alkyl halides is 1. The van der Waals surface area contributed by atoms with Crippen LogP contribution in [0.15, 0.2) is 18.2 Å². The van der Waals surface area contributed by atoms with Gasteiger partial charge in [-0.2, -0.15) is 0 Å². The number of anilines is 1. The van der Waals surface area contributed by atoms with E-state index in [4.69, 9.17) is 23.2 Å². The summed E-state index contributed by atoms with van der Waals surface area (Å²) in [6.45, 7) is 8.79. The number of nitrogens with zero attached hydrogens (tertiary/aromatic N) is 2. The van der Waals surface area contributed by atoms with Crippen LogP contribution in [-0.2, 0) is 5.88 Å². The van der Waals surface area contributed by atoms with E-state index >= 15 is 0 Å². The van der Waals surface area contributed by atoms with Crippen LogP contribution in [-0.4, -0.2) is 37.1 Å². The lowest BCUT2D eigenvalue weighted by Crippen LogP contribution is -2.49. The third-order valence-corrected chi connectivity index (χ3v) is 4.23. The predicted molar refractivity (Wildman–Crippen MR) is 79.9 cm³/mol. The fourth-order valence-corrected chi connectivity index (χ4v) is 3.04. The van der Waals surface area contributed by atoms with E-state index < -0.39 is 0 Å². The molecular formula is C14H20Cl2N2. The van der Waals surface area contributed by atoms with Crippen LogP contribution in [0.4, 0.5) is 5.69 Å². The first kappa shape index (κ1) is 14.0. The first-order chi connectivity index (χ1) is 8.63. The molecule has 1 aromatic rings. The minimum atomic E-state index is 0.472. The number of hydrogen-bond acceptors (Lipinski definition) is 2. The molecular weight excluding hydrogens is 267 g/mol. The number of benzene rings is 1. The average Bonchev–Trinajstić information content (AvgIpc) is 2.38. The predicted octanol–water partition coefficient (Wildman–Crippen LogP) is 3.61. The highest BCUT2D eigenvalue weighted by Crippen LogP contribution is 2.29. The van der Waals surface area contributed by atoms with Gasteiger partial charge in [0, 0.05) is 48.5 Å². The van der Waals surface area contributed by atoms with Crippen molar-refractivity contribution in [2.24, 2.45) is 0 Å². The summed E-state index contributed by atoms with van der Waals surface area (Å²) in [5.74, 6) is 0.472. The van der Waals surface area contributed by atoms with Gasteiger partial charge in [0.25, 0.3) is 0 Å². The maximum Gasteiger partial charge on any atom is 0.0509 e. The summed E-state index contributed by atoms with van der Waals surface area (Å²) >= 11 is 12.2. The Kier molecular flexibility index (Phi) is 4.77. The molecule has 0 unspecified atom stereocenters. The molecule has 1 aliphatic rings. The molecule has 1 heterocycles. The highest BCUT2D eigenvalue weighted by Gasteiger charge is 2.21. The van der Waals surface area contributed by atoms with Crippen molar-refractivity contribution in [1.82, 2.24) is 4.90 Å². The third kappa shape index (κ3) is 2.93. The van der Waals surface area contributed by atoms with Crippen molar-refractivity contribution in [2.45, 2.75) is 25.8 Å². The Balaban J connectivity index is 2.12.